The summed E-state index contributed by atoms with van der Waals surface area (Å²) in [5.74, 6) is 0.825. The predicted molar refractivity (Wildman–Crippen MR) is 88.1 cm³/mol. The van der Waals surface area contributed by atoms with E-state index in [4.69, 9.17) is 17.0 Å². The van der Waals surface area contributed by atoms with E-state index in [0.29, 0.717) is 11.7 Å². The minimum absolute atomic E-state index is 0.530. The number of rotatable bonds is 5. The van der Waals surface area contributed by atoms with E-state index in [9.17, 15) is 0 Å². The zero-order valence-electron chi connectivity index (χ0n) is 11.8. The first-order chi connectivity index (χ1) is 10.3. The van der Waals surface area contributed by atoms with Crippen molar-refractivity contribution in [2.45, 2.75) is 6.61 Å². The second-order valence-corrected chi connectivity index (χ2v) is 4.75. The number of ether oxygens (including phenoxy) is 1. The molecule has 21 heavy (non-hydrogen) atoms. The lowest BCUT2D eigenvalue weighted by atomic mass is 10.2. The van der Waals surface area contributed by atoms with Gasteiger partial charge in [-0.15, -0.1) is 10.5 Å². The van der Waals surface area contributed by atoms with Gasteiger partial charge in [-0.25, -0.2) is 0 Å². The minimum Gasteiger partial charge on any atom is -0.489 e. The van der Waals surface area contributed by atoms with Crippen molar-refractivity contribution in [3.63, 3.8) is 0 Å². The molecule has 2 aromatic carbocycles. The Kier molecular flexibility index (Phi) is 5.72. The molecule has 0 heterocycles. The monoisotopic (exact) mass is 300 g/mol. The van der Waals surface area contributed by atoms with E-state index in [-0.39, 0.29) is 0 Å². The predicted octanol–water partition coefficient (Wildman–Crippen LogP) is 0.774. The van der Waals surface area contributed by atoms with Gasteiger partial charge in [0.2, 0.25) is 5.11 Å². The molecule has 0 bridgehead atoms. The number of hydrogen-bond donors (Lipinski definition) is 3. The van der Waals surface area contributed by atoms with Crippen molar-refractivity contribution in [3.8, 4) is 5.75 Å². The van der Waals surface area contributed by atoms with Crippen LogP contribution in [0.4, 0.5) is 0 Å². The summed E-state index contributed by atoms with van der Waals surface area (Å²) in [5, 5.41) is 6.26. The van der Waals surface area contributed by atoms with E-state index in [1.807, 2.05) is 60.8 Å². The van der Waals surface area contributed by atoms with Gasteiger partial charge in [-0.3, -0.25) is 0 Å². The van der Waals surface area contributed by atoms with Crippen LogP contribution in [0, 0.1) is 0 Å². The Morgan fingerprint density at radius 2 is 2.00 bits per heavy atom. The van der Waals surface area contributed by atoms with Crippen LogP contribution in [0.15, 0.2) is 54.6 Å². The molecule has 0 unspecified atom stereocenters. The van der Waals surface area contributed by atoms with Gasteiger partial charge in [0.05, 0.1) is 0 Å². The summed E-state index contributed by atoms with van der Waals surface area (Å²) < 4.78 is 5.77. The summed E-state index contributed by atoms with van der Waals surface area (Å²) >= 11 is 4.96. The van der Waals surface area contributed by atoms with Crippen molar-refractivity contribution in [3.05, 3.63) is 65.7 Å². The molecule has 0 saturated carbocycles. The van der Waals surface area contributed by atoms with Crippen molar-refractivity contribution in [1.29, 1.82) is 0 Å². The van der Waals surface area contributed by atoms with Gasteiger partial charge in [0, 0.05) is 12.6 Å². The molecule has 108 valence electrons. The lowest BCUT2D eigenvalue weighted by Gasteiger charge is -2.06. The number of hydrazone groups is 1. The van der Waals surface area contributed by atoms with Gasteiger partial charge in [-0.1, -0.05) is 36.4 Å². The molecule has 3 N–H and O–H groups in total. The molecule has 0 aliphatic rings. The van der Waals surface area contributed by atoms with Gasteiger partial charge in [0.1, 0.15) is 12.4 Å². The second kappa shape index (κ2) is 8.01. The molecule has 0 aliphatic carbocycles. The Bertz CT molecular complexity index is 614. The fraction of sp³-hybridized carbons (Fsp3) is 0.125. The molecule has 2 rings (SSSR count). The number of hydrogen-bond acceptors (Lipinski definition) is 2. The highest BCUT2D eigenvalue weighted by Gasteiger charge is 1.99. The highest BCUT2D eigenvalue weighted by Crippen LogP contribution is 2.13. The summed E-state index contributed by atoms with van der Waals surface area (Å²) in [6, 6.07) is 17.9. The average Bonchev–Trinajstić information content (AvgIpc) is 2.54. The van der Waals surface area contributed by atoms with Crippen molar-refractivity contribution in [1.82, 2.24) is 10.7 Å². The first-order valence-electron chi connectivity index (χ1n) is 6.61. The maximum absolute atomic E-state index is 5.77. The van der Waals surface area contributed by atoms with E-state index in [1.165, 1.54) is 0 Å². The summed E-state index contributed by atoms with van der Waals surface area (Å²) in [5.41, 5.74) is 4.97. The van der Waals surface area contributed by atoms with Crippen LogP contribution in [-0.2, 0) is 6.61 Å². The lowest BCUT2D eigenvalue weighted by Crippen LogP contribution is -2.82. The van der Waals surface area contributed by atoms with Crippen LogP contribution >= 0.6 is 12.2 Å². The topological polar surface area (TPSA) is 47.3 Å². The van der Waals surface area contributed by atoms with E-state index in [0.717, 1.165) is 16.9 Å². The zero-order chi connectivity index (χ0) is 14.9. The standard InChI is InChI=1S/C16H17N3OS/c1-17-16(21)19-18-11-14-8-5-9-15(10-14)20-12-13-6-3-2-4-7-13/h2-11H,12H2,1H3,(H2,17,19,21)/p+1. The van der Waals surface area contributed by atoms with Crippen LogP contribution in [0.5, 0.6) is 5.75 Å². The number of benzene rings is 2. The molecular weight excluding hydrogens is 282 g/mol. The lowest BCUT2D eigenvalue weighted by molar-refractivity contribution is -0.500. The van der Waals surface area contributed by atoms with Crippen molar-refractivity contribution in [2.75, 3.05) is 7.05 Å². The molecule has 0 spiro atoms. The third kappa shape index (κ3) is 5.24. The van der Waals surface area contributed by atoms with E-state index in [2.05, 4.69) is 15.8 Å². The zero-order valence-corrected chi connectivity index (χ0v) is 12.6. The Hall–Kier alpha value is -2.40. The largest absolute Gasteiger partial charge is 0.489 e. The molecule has 0 radical (unpaired) electrons. The molecule has 2 aromatic rings. The van der Waals surface area contributed by atoms with Crippen molar-refractivity contribution in [2.24, 2.45) is 0 Å². The molecule has 5 heteroatoms. The fourth-order valence-electron chi connectivity index (χ4n) is 1.68. The average molecular weight is 300 g/mol. The Morgan fingerprint density at radius 3 is 2.76 bits per heavy atom. The first-order valence-corrected chi connectivity index (χ1v) is 7.02. The maximum atomic E-state index is 5.77. The molecule has 0 aromatic heterocycles. The summed E-state index contributed by atoms with van der Waals surface area (Å²) in [4.78, 5) is 0. The molecule has 0 atom stereocenters. The maximum Gasteiger partial charge on any atom is 0.223 e. The summed E-state index contributed by atoms with van der Waals surface area (Å²) in [7, 11) is 1.76. The molecule has 0 amide bonds. The van der Waals surface area contributed by atoms with E-state index in [1.54, 1.807) is 7.05 Å². The van der Waals surface area contributed by atoms with E-state index < -0.39 is 0 Å². The number of nitrogens with one attached hydrogen (secondary N) is 3. The van der Waals surface area contributed by atoms with Crippen LogP contribution in [0.25, 0.3) is 0 Å². The van der Waals surface area contributed by atoms with Gasteiger partial charge in [0.15, 0.2) is 6.21 Å². The smallest absolute Gasteiger partial charge is 0.223 e. The molecule has 0 saturated heterocycles. The summed E-state index contributed by atoms with van der Waals surface area (Å²) in [6.45, 7) is 0.555. The van der Waals surface area contributed by atoms with Gasteiger partial charge < -0.3 is 10.1 Å². The molecule has 0 fully saturated rings. The third-order valence-corrected chi connectivity index (χ3v) is 3.06. The minimum atomic E-state index is 0.530. The van der Waals surface area contributed by atoms with Crippen LogP contribution in [0.1, 0.15) is 11.1 Å². The SMILES string of the molecule is CNC(=S)N[NH+]=Cc1cccc(OCc2ccccc2)c1. The number of hydrazine groups is 1. The van der Waals surface area contributed by atoms with Gasteiger partial charge in [0.25, 0.3) is 0 Å². The summed E-state index contributed by atoms with van der Waals surface area (Å²) in [6.07, 6.45) is 1.82. The first kappa shape index (κ1) is 15.0. The Labute approximate surface area is 129 Å². The molecule has 0 aliphatic heterocycles. The van der Waals surface area contributed by atoms with E-state index >= 15 is 0 Å². The van der Waals surface area contributed by atoms with Crippen LogP contribution in [0.2, 0.25) is 0 Å². The Morgan fingerprint density at radius 1 is 1.19 bits per heavy atom. The Balaban J connectivity index is 1.93. The van der Waals surface area contributed by atoms with Gasteiger partial charge >= 0.3 is 0 Å². The van der Waals surface area contributed by atoms with Crippen molar-refractivity contribution >= 4 is 23.5 Å². The second-order valence-electron chi connectivity index (χ2n) is 4.34. The molecular formula is C16H18N3OS+. The highest BCUT2D eigenvalue weighted by atomic mass is 32.1. The van der Waals surface area contributed by atoms with Crippen LogP contribution in [-0.4, -0.2) is 18.4 Å². The van der Waals surface area contributed by atoms with Gasteiger partial charge in [-0.05, 0) is 36.0 Å². The number of thiocarbonyl (C=S) groups is 1. The van der Waals surface area contributed by atoms with Crippen molar-refractivity contribution < 1.29 is 9.84 Å². The quantitative estimate of drug-likeness (QED) is 0.434. The normalized spacial score (nSPS) is 10.3. The fourth-order valence-corrected chi connectivity index (χ4v) is 1.74. The highest BCUT2D eigenvalue weighted by molar-refractivity contribution is 7.80. The van der Waals surface area contributed by atoms with Crippen LogP contribution < -0.4 is 20.6 Å². The third-order valence-electron chi connectivity index (χ3n) is 2.76. The van der Waals surface area contributed by atoms with Gasteiger partial charge in [-0.2, -0.15) is 0 Å². The molecule has 4 nitrogen and oxygen atoms in total. The van der Waals surface area contributed by atoms with Crippen LogP contribution in [0.3, 0.4) is 0 Å².